The van der Waals surface area contributed by atoms with Crippen molar-refractivity contribution in [2.45, 2.75) is 58.2 Å². The Hall–Kier alpha value is -2.95. The van der Waals surface area contributed by atoms with Crippen LogP contribution >= 0.6 is 0 Å². The van der Waals surface area contributed by atoms with E-state index in [2.05, 4.69) is 57.3 Å². The summed E-state index contributed by atoms with van der Waals surface area (Å²) in [5.74, 6) is 1.67. The van der Waals surface area contributed by atoms with Crippen LogP contribution in [0.4, 0.5) is 24.9 Å². The lowest BCUT2D eigenvalue weighted by Crippen LogP contribution is -2.37. The molecule has 1 atom stereocenters. The lowest BCUT2D eigenvalue weighted by atomic mass is 9.96. The third kappa shape index (κ3) is 6.24. The van der Waals surface area contributed by atoms with E-state index in [9.17, 15) is 13.2 Å². The van der Waals surface area contributed by atoms with Crippen molar-refractivity contribution in [2.75, 3.05) is 43.9 Å². The Balaban J connectivity index is 1.47. The quantitative estimate of drug-likeness (QED) is 0.465. The summed E-state index contributed by atoms with van der Waals surface area (Å²) in [6.45, 7) is 6.91. The number of anilines is 2. The highest BCUT2D eigenvalue weighted by atomic mass is 19.4. The summed E-state index contributed by atoms with van der Waals surface area (Å²) in [7, 11) is 4.24. The van der Waals surface area contributed by atoms with Crippen LogP contribution in [0.3, 0.4) is 0 Å². The molecule has 196 valence electrons. The van der Waals surface area contributed by atoms with Crippen LogP contribution in [0.25, 0.3) is 5.65 Å². The number of nitrogens with one attached hydrogen (secondary N) is 1. The van der Waals surface area contributed by atoms with Crippen LogP contribution in [0.5, 0.6) is 0 Å². The van der Waals surface area contributed by atoms with Crippen molar-refractivity contribution < 1.29 is 13.2 Å². The molecule has 11 heteroatoms. The number of rotatable bonds is 9. The number of pyridine rings is 1. The molecular formula is C25H35F3N8. The fourth-order valence-corrected chi connectivity index (χ4v) is 4.90. The second-order valence-corrected chi connectivity index (χ2v) is 9.98. The molecule has 4 heterocycles. The summed E-state index contributed by atoms with van der Waals surface area (Å²) in [5, 5.41) is 6.75. The van der Waals surface area contributed by atoms with Gasteiger partial charge in [0, 0.05) is 32.3 Å². The van der Waals surface area contributed by atoms with Crippen molar-refractivity contribution in [1.29, 1.82) is 0 Å². The van der Waals surface area contributed by atoms with Gasteiger partial charge in [-0.1, -0.05) is 19.4 Å². The number of halogens is 3. The Morgan fingerprint density at radius 3 is 2.50 bits per heavy atom. The van der Waals surface area contributed by atoms with Crippen molar-refractivity contribution >= 4 is 17.4 Å². The van der Waals surface area contributed by atoms with E-state index in [1.165, 1.54) is 6.20 Å². The van der Waals surface area contributed by atoms with E-state index in [1.54, 1.807) is 17.6 Å². The van der Waals surface area contributed by atoms with Gasteiger partial charge in [-0.3, -0.25) is 0 Å². The molecule has 0 unspecified atom stereocenters. The first kappa shape index (κ1) is 26.1. The molecule has 4 rings (SSSR count). The van der Waals surface area contributed by atoms with Crippen molar-refractivity contribution in [3.05, 3.63) is 41.5 Å². The first-order valence-electron chi connectivity index (χ1n) is 12.5. The minimum absolute atomic E-state index is 0.0493. The Morgan fingerprint density at radius 2 is 1.86 bits per heavy atom. The van der Waals surface area contributed by atoms with Crippen molar-refractivity contribution in [1.82, 2.24) is 29.5 Å². The summed E-state index contributed by atoms with van der Waals surface area (Å²) >= 11 is 0. The summed E-state index contributed by atoms with van der Waals surface area (Å²) in [6, 6.07) is 0.425. The summed E-state index contributed by atoms with van der Waals surface area (Å²) < 4.78 is 41.6. The van der Waals surface area contributed by atoms with E-state index in [0.717, 1.165) is 61.0 Å². The normalized spacial score (nSPS) is 16.2. The summed E-state index contributed by atoms with van der Waals surface area (Å²) in [6.07, 6.45) is 3.78. The van der Waals surface area contributed by atoms with E-state index in [0.29, 0.717) is 18.5 Å². The predicted octanol–water partition coefficient (Wildman–Crippen LogP) is 4.34. The van der Waals surface area contributed by atoms with Gasteiger partial charge in [0.05, 0.1) is 18.1 Å². The number of hydrogen-bond donors (Lipinski definition) is 1. The number of hydrogen-bond acceptors (Lipinski definition) is 7. The van der Waals surface area contributed by atoms with Gasteiger partial charge in [0.2, 0.25) is 5.95 Å². The van der Waals surface area contributed by atoms with E-state index in [1.807, 2.05) is 6.20 Å². The van der Waals surface area contributed by atoms with Gasteiger partial charge in [0.1, 0.15) is 11.9 Å². The van der Waals surface area contributed by atoms with Crippen LogP contribution in [0.2, 0.25) is 0 Å². The van der Waals surface area contributed by atoms with E-state index in [-0.39, 0.29) is 12.4 Å². The molecule has 0 saturated carbocycles. The first-order valence-corrected chi connectivity index (χ1v) is 12.5. The number of nitrogens with zero attached hydrogens (tertiary/aromatic N) is 7. The molecule has 36 heavy (non-hydrogen) atoms. The molecule has 0 radical (unpaired) electrons. The average Bonchev–Trinajstić information content (AvgIpc) is 3.20. The van der Waals surface area contributed by atoms with E-state index < -0.39 is 12.2 Å². The van der Waals surface area contributed by atoms with Gasteiger partial charge in [0.25, 0.3) is 0 Å². The first-order chi connectivity index (χ1) is 17.1. The number of aryl methyl sites for hydroxylation is 1. The molecule has 1 aliphatic rings. The molecule has 0 bridgehead atoms. The van der Waals surface area contributed by atoms with Gasteiger partial charge >= 0.3 is 6.18 Å². The molecule has 0 aromatic carbocycles. The molecule has 1 N–H and O–H groups in total. The molecule has 1 saturated heterocycles. The van der Waals surface area contributed by atoms with Crippen LogP contribution in [0, 0.1) is 12.8 Å². The molecule has 0 aliphatic carbocycles. The molecular weight excluding hydrogens is 469 g/mol. The highest BCUT2D eigenvalue weighted by molar-refractivity contribution is 5.48. The Labute approximate surface area is 209 Å². The fraction of sp³-hybridized carbons (Fsp3) is 0.600. The second-order valence-electron chi connectivity index (χ2n) is 9.98. The maximum Gasteiger partial charge on any atom is 0.408 e. The zero-order valence-corrected chi connectivity index (χ0v) is 21.4. The van der Waals surface area contributed by atoms with Crippen LogP contribution in [0.1, 0.15) is 49.4 Å². The number of piperidine rings is 1. The Morgan fingerprint density at radius 1 is 1.11 bits per heavy atom. The van der Waals surface area contributed by atoms with Crippen molar-refractivity contribution in [3.63, 3.8) is 0 Å². The summed E-state index contributed by atoms with van der Waals surface area (Å²) in [5.41, 5.74) is 3.34. The van der Waals surface area contributed by atoms with Crippen molar-refractivity contribution in [3.8, 4) is 0 Å². The number of imidazole rings is 1. The zero-order valence-electron chi connectivity index (χ0n) is 21.4. The van der Waals surface area contributed by atoms with Gasteiger partial charge in [-0.2, -0.15) is 13.2 Å². The van der Waals surface area contributed by atoms with Gasteiger partial charge in [0.15, 0.2) is 5.65 Å². The Bertz CT molecular complexity index is 1150. The van der Waals surface area contributed by atoms with Crippen molar-refractivity contribution in [2.24, 2.45) is 5.92 Å². The second kappa shape index (κ2) is 11.0. The number of alkyl halides is 3. The molecule has 3 aromatic rings. The molecule has 1 fully saturated rings. The molecule has 3 aromatic heterocycles. The maximum absolute atomic E-state index is 13.3. The largest absolute Gasteiger partial charge is 0.408 e. The van der Waals surface area contributed by atoms with E-state index >= 15 is 0 Å². The Kier molecular flexibility index (Phi) is 7.97. The van der Waals surface area contributed by atoms with Gasteiger partial charge in [-0.25, -0.2) is 19.5 Å². The summed E-state index contributed by atoms with van der Waals surface area (Å²) in [4.78, 5) is 17.7. The highest BCUT2D eigenvalue weighted by Gasteiger charge is 2.39. The fourth-order valence-electron chi connectivity index (χ4n) is 4.90. The lowest BCUT2D eigenvalue weighted by Gasteiger charge is -2.34. The number of aromatic nitrogens is 5. The van der Waals surface area contributed by atoms with Crippen LogP contribution in [-0.2, 0) is 6.42 Å². The average molecular weight is 505 g/mol. The van der Waals surface area contributed by atoms with Crippen LogP contribution < -0.4 is 10.2 Å². The smallest absolute Gasteiger partial charge is 0.356 e. The third-order valence-corrected chi connectivity index (χ3v) is 6.64. The highest BCUT2D eigenvalue weighted by Crippen LogP contribution is 2.27. The third-order valence-electron chi connectivity index (χ3n) is 6.64. The maximum atomic E-state index is 13.3. The minimum Gasteiger partial charge on any atom is -0.356 e. The van der Waals surface area contributed by atoms with Crippen LogP contribution in [-0.4, -0.2) is 75.4 Å². The van der Waals surface area contributed by atoms with Gasteiger partial charge < -0.3 is 15.1 Å². The number of fused-ring (bicyclic) bond motifs is 1. The molecule has 0 spiro atoms. The standard InChI is InChI=1S/C25H35F3N8/c1-5-6-21(25(26,27)28)32-24-31-15-22-29-14-20(36(22)33-24)12-19-11-17(2)23(30-13-19)35-9-7-18(8-10-35)16-34(3)4/h11,13-15,18,21H,5-10,12,16H2,1-4H3,(H,32,33)/t21-/m1/s1. The predicted molar refractivity (Wildman–Crippen MR) is 134 cm³/mol. The minimum atomic E-state index is -4.38. The molecule has 0 amide bonds. The lowest BCUT2D eigenvalue weighted by molar-refractivity contribution is -0.143. The topological polar surface area (TPSA) is 74.5 Å². The molecule has 8 nitrogen and oxygen atoms in total. The van der Waals surface area contributed by atoms with Gasteiger partial charge in [-0.15, -0.1) is 5.10 Å². The van der Waals surface area contributed by atoms with Gasteiger partial charge in [-0.05, 0) is 57.3 Å². The van der Waals surface area contributed by atoms with Crippen LogP contribution in [0.15, 0.2) is 24.7 Å². The SMILES string of the molecule is CCC[C@@H](Nc1ncc2ncc(Cc3cnc(N4CCC(CN(C)C)CC4)c(C)c3)n2n1)C(F)(F)F. The monoisotopic (exact) mass is 504 g/mol. The van der Waals surface area contributed by atoms with E-state index in [4.69, 9.17) is 4.98 Å². The molecule has 1 aliphatic heterocycles. The zero-order chi connectivity index (χ0) is 25.9.